The molecule has 0 bridgehead atoms. The standard InChI is InChI=1S/C21H23N3O5S2.ClH/c1-23(2)10-11-24(20(25)18-13-28-16-6-4-5-7-17(16)29-18)21-22-15-9-8-14(31(3,26)27)12-19(15)30-21;/h4-9,12,18H,10-11,13H2,1-3H3;1H. The molecule has 0 saturated carbocycles. The first-order valence-corrected chi connectivity index (χ1v) is 12.4. The van der Waals surface area contributed by atoms with Gasteiger partial charge in [-0.2, -0.15) is 0 Å². The fraction of sp³-hybridized carbons (Fsp3) is 0.333. The maximum Gasteiger partial charge on any atom is 0.273 e. The molecule has 11 heteroatoms. The molecule has 0 radical (unpaired) electrons. The molecule has 1 atom stereocenters. The Labute approximate surface area is 197 Å². The van der Waals surface area contributed by atoms with E-state index in [1.54, 1.807) is 29.2 Å². The van der Waals surface area contributed by atoms with Gasteiger partial charge in [0.1, 0.15) is 6.61 Å². The molecule has 1 amide bonds. The molecule has 1 unspecified atom stereocenters. The van der Waals surface area contributed by atoms with Crippen LogP contribution in [0, 0.1) is 0 Å². The summed E-state index contributed by atoms with van der Waals surface area (Å²) in [5.74, 6) is 0.889. The third-order valence-corrected chi connectivity index (χ3v) is 6.98. The Balaban J connectivity index is 0.00000289. The number of carbonyl (C=O) groups is 1. The molecule has 1 aliphatic heterocycles. The molecule has 4 rings (SSSR count). The van der Waals surface area contributed by atoms with Gasteiger partial charge in [0.25, 0.3) is 5.91 Å². The molecular formula is C21H24ClN3O5S2. The number of carbonyl (C=O) groups excluding carboxylic acids is 1. The predicted molar refractivity (Wildman–Crippen MR) is 127 cm³/mol. The summed E-state index contributed by atoms with van der Waals surface area (Å²) in [6.45, 7) is 1.14. The number of sulfone groups is 1. The Hall–Kier alpha value is -2.40. The first-order chi connectivity index (χ1) is 14.7. The molecule has 2 heterocycles. The fourth-order valence-corrected chi connectivity index (χ4v) is 4.91. The average molecular weight is 498 g/mol. The highest BCUT2D eigenvalue weighted by Crippen LogP contribution is 2.34. The Bertz CT molecular complexity index is 1230. The van der Waals surface area contributed by atoms with Crippen molar-refractivity contribution < 1.29 is 22.7 Å². The second kappa shape index (κ2) is 9.62. The van der Waals surface area contributed by atoms with E-state index in [4.69, 9.17) is 9.47 Å². The normalized spacial score (nSPS) is 15.4. The maximum absolute atomic E-state index is 13.4. The molecule has 0 spiro atoms. The highest BCUT2D eigenvalue weighted by atomic mass is 35.5. The van der Waals surface area contributed by atoms with Gasteiger partial charge in [-0.1, -0.05) is 23.5 Å². The fourth-order valence-electron chi connectivity index (χ4n) is 3.15. The van der Waals surface area contributed by atoms with Crippen LogP contribution in [0.15, 0.2) is 47.4 Å². The Morgan fingerprint density at radius 1 is 1.16 bits per heavy atom. The number of hydrogen-bond acceptors (Lipinski definition) is 8. The molecule has 1 aliphatic rings. The Morgan fingerprint density at radius 3 is 2.56 bits per heavy atom. The highest BCUT2D eigenvalue weighted by Gasteiger charge is 2.33. The number of aromatic nitrogens is 1. The monoisotopic (exact) mass is 497 g/mol. The number of anilines is 1. The van der Waals surface area contributed by atoms with Crippen LogP contribution in [0.2, 0.25) is 0 Å². The lowest BCUT2D eigenvalue weighted by molar-refractivity contribution is -0.127. The van der Waals surface area contributed by atoms with Crippen LogP contribution >= 0.6 is 23.7 Å². The van der Waals surface area contributed by atoms with E-state index in [0.29, 0.717) is 39.9 Å². The summed E-state index contributed by atoms with van der Waals surface area (Å²) < 4.78 is 36.1. The summed E-state index contributed by atoms with van der Waals surface area (Å²) in [5.41, 5.74) is 0.640. The minimum Gasteiger partial charge on any atom is -0.485 e. The Morgan fingerprint density at radius 2 is 1.88 bits per heavy atom. The molecule has 0 aliphatic carbocycles. The summed E-state index contributed by atoms with van der Waals surface area (Å²) in [6, 6.07) is 12.0. The van der Waals surface area contributed by atoms with E-state index < -0.39 is 15.9 Å². The van der Waals surface area contributed by atoms with E-state index in [1.807, 2.05) is 31.1 Å². The van der Waals surface area contributed by atoms with Gasteiger partial charge in [0.15, 0.2) is 26.5 Å². The smallest absolute Gasteiger partial charge is 0.273 e. The lowest BCUT2D eigenvalue weighted by atomic mass is 10.2. The van der Waals surface area contributed by atoms with E-state index in [0.717, 1.165) is 0 Å². The summed E-state index contributed by atoms with van der Waals surface area (Å²) >= 11 is 1.28. The van der Waals surface area contributed by atoms with Gasteiger partial charge in [0.05, 0.1) is 15.1 Å². The van der Waals surface area contributed by atoms with Crippen LogP contribution in [0.4, 0.5) is 5.13 Å². The topological polar surface area (TPSA) is 89.0 Å². The number of para-hydroxylation sites is 2. The number of rotatable bonds is 6. The number of likely N-dealkylation sites (N-methyl/N-ethyl adjacent to an activating group) is 1. The number of hydrogen-bond donors (Lipinski definition) is 0. The SMILES string of the molecule is CN(C)CCN(C(=O)C1COc2ccccc2O1)c1nc2ccc(S(C)(=O)=O)cc2s1.Cl. The molecular weight excluding hydrogens is 474 g/mol. The third-order valence-electron chi connectivity index (χ3n) is 4.83. The van der Waals surface area contributed by atoms with Gasteiger partial charge in [-0.15, -0.1) is 12.4 Å². The van der Waals surface area contributed by atoms with Crippen LogP contribution in [0.5, 0.6) is 11.5 Å². The molecule has 3 aromatic rings. The number of fused-ring (bicyclic) bond motifs is 2. The second-order valence-electron chi connectivity index (χ2n) is 7.56. The molecule has 1 aromatic heterocycles. The second-order valence-corrected chi connectivity index (χ2v) is 10.6. The van der Waals surface area contributed by atoms with Crippen LogP contribution in [-0.2, 0) is 14.6 Å². The number of nitrogens with zero attached hydrogens (tertiary/aromatic N) is 3. The Kier molecular flexibility index (Phi) is 7.29. The number of benzene rings is 2. The van der Waals surface area contributed by atoms with Crippen molar-refractivity contribution in [3.8, 4) is 11.5 Å². The largest absolute Gasteiger partial charge is 0.485 e. The van der Waals surface area contributed by atoms with Crippen molar-refractivity contribution in [1.29, 1.82) is 0 Å². The molecule has 0 fully saturated rings. The summed E-state index contributed by atoms with van der Waals surface area (Å²) in [4.78, 5) is 21.8. The van der Waals surface area contributed by atoms with Crippen LogP contribution in [-0.4, -0.2) is 70.4 Å². The van der Waals surface area contributed by atoms with Crippen molar-refractivity contribution in [2.45, 2.75) is 11.0 Å². The van der Waals surface area contributed by atoms with Crippen LogP contribution in [0.25, 0.3) is 10.2 Å². The summed E-state index contributed by atoms with van der Waals surface area (Å²) in [5, 5.41) is 0.495. The number of ether oxygens (including phenoxy) is 2. The number of halogens is 1. The number of amides is 1. The molecule has 172 valence electrons. The van der Waals surface area contributed by atoms with E-state index in [1.165, 1.54) is 23.7 Å². The van der Waals surface area contributed by atoms with Gasteiger partial charge in [0.2, 0.25) is 6.10 Å². The zero-order valence-electron chi connectivity index (χ0n) is 17.8. The van der Waals surface area contributed by atoms with Crippen molar-refractivity contribution in [3.05, 3.63) is 42.5 Å². The van der Waals surface area contributed by atoms with Crippen molar-refractivity contribution >= 4 is 54.8 Å². The predicted octanol–water partition coefficient (Wildman–Crippen LogP) is 2.86. The molecule has 0 saturated heterocycles. The van der Waals surface area contributed by atoms with Gasteiger partial charge in [-0.3, -0.25) is 9.69 Å². The lowest BCUT2D eigenvalue weighted by Gasteiger charge is -2.30. The zero-order valence-corrected chi connectivity index (χ0v) is 20.3. The van der Waals surface area contributed by atoms with Crippen molar-refractivity contribution in [1.82, 2.24) is 9.88 Å². The lowest BCUT2D eigenvalue weighted by Crippen LogP contribution is -2.48. The number of thiazole rings is 1. The van der Waals surface area contributed by atoms with Crippen LogP contribution < -0.4 is 14.4 Å². The summed E-state index contributed by atoms with van der Waals surface area (Å²) in [7, 11) is 0.519. The van der Waals surface area contributed by atoms with E-state index >= 15 is 0 Å². The quantitative estimate of drug-likeness (QED) is 0.517. The maximum atomic E-state index is 13.4. The van der Waals surface area contributed by atoms with Crippen LogP contribution in [0.1, 0.15) is 0 Å². The minimum absolute atomic E-state index is 0. The average Bonchev–Trinajstić information content (AvgIpc) is 3.15. The third kappa shape index (κ3) is 5.15. The van der Waals surface area contributed by atoms with Crippen molar-refractivity contribution in [2.75, 3.05) is 44.9 Å². The highest BCUT2D eigenvalue weighted by molar-refractivity contribution is 7.90. The minimum atomic E-state index is -3.33. The molecule has 32 heavy (non-hydrogen) atoms. The summed E-state index contributed by atoms with van der Waals surface area (Å²) in [6.07, 6.45) is 0.372. The van der Waals surface area contributed by atoms with E-state index in [9.17, 15) is 13.2 Å². The van der Waals surface area contributed by atoms with Gasteiger partial charge in [-0.25, -0.2) is 13.4 Å². The van der Waals surface area contributed by atoms with E-state index in [-0.39, 0.29) is 29.8 Å². The molecule has 0 N–H and O–H groups in total. The zero-order chi connectivity index (χ0) is 22.2. The van der Waals surface area contributed by atoms with Gasteiger partial charge in [-0.05, 0) is 44.4 Å². The molecule has 8 nitrogen and oxygen atoms in total. The molecule has 2 aromatic carbocycles. The van der Waals surface area contributed by atoms with Gasteiger partial charge < -0.3 is 14.4 Å². The van der Waals surface area contributed by atoms with Crippen molar-refractivity contribution in [2.24, 2.45) is 0 Å². The van der Waals surface area contributed by atoms with Gasteiger partial charge >= 0.3 is 0 Å². The van der Waals surface area contributed by atoms with Crippen molar-refractivity contribution in [3.63, 3.8) is 0 Å². The van der Waals surface area contributed by atoms with E-state index in [2.05, 4.69) is 4.98 Å². The first-order valence-electron chi connectivity index (χ1n) is 9.67. The van der Waals surface area contributed by atoms with Crippen LogP contribution in [0.3, 0.4) is 0 Å². The van der Waals surface area contributed by atoms with Gasteiger partial charge in [0, 0.05) is 19.3 Å². The first kappa shape index (κ1) is 24.2.